The van der Waals surface area contributed by atoms with Crippen LogP contribution >= 0.6 is 15.9 Å². The van der Waals surface area contributed by atoms with Gasteiger partial charge in [-0.3, -0.25) is 0 Å². The van der Waals surface area contributed by atoms with Crippen molar-refractivity contribution in [1.82, 2.24) is 14.8 Å². The minimum atomic E-state index is 0.858. The van der Waals surface area contributed by atoms with E-state index in [4.69, 9.17) is 10.1 Å². The van der Waals surface area contributed by atoms with E-state index >= 15 is 0 Å². The molecule has 0 aliphatic heterocycles. The number of nitrogens with zero attached hydrogens (tertiary/aromatic N) is 4. The third kappa shape index (κ3) is 3.17. The fourth-order valence-corrected chi connectivity index (χ4v) is 3.80. The van der Waals surface area contributed by atoms with Gasteiger partial charge in [0.05, 0.1) is 11.2 Å². The Hall–Kier alpha value is -3.18. The van der Waals surface area contributed by atoms with Crippen LogP contribution in [0.1, 0.15) is 0 Å². The van der Waals surface area contributed by atoms with E-state index in [9.17, 15) is 0 Å². The van der Waals surface area contributed by atoms with Crippen molar-refractivity contribution < 1.29 is 0 Å². The van der Waals surface area contributed by atoms with Crippen LogP contribution in [0.4, 0.5) is 5.69 Å². The second-order valence-electron chi connectivity index (χ2n) is 7.23. The van der Waals surface area contributed by atoms with Crippen molar-refractivity contribution in [1.29, 1.82) is 0 Å². The largest absolute Gasteiger partial charge is 0.378 e. The van der Waals surface area contributed by atoms with Gasteiger partial charge in [-0.05, 0) is 48.5 Å². The first kappa shape index (κ1) is 17.9. The molecule has 0 aliphatic carbocycles. The number of rotatable bonds is 3. The van der Waals surface area contributed by atoms with Gasteiger partial charge in [-0.2, -0.15) is 5.10 Å². The predicted octanol–water partition coefficient (Wildman–Crippen LogP) is 6.07. The van der Waals surface area contributed by atoms with Crippen molar-refractivity contribution in [2.24, 2.45) is 0 Å². The molecular weight excluding hydrogens is 424 g/mol. The van der Waals surface area contributed by atoms with Crippen molar-refractivity contribution in [2.45, 2.75) is 0 Å². The van der Waals surface area contributed by atoms with E-state index in [1.807, 2.05) is 61.2 Å². The van der Waals surface area contributed by atoms with Crippen LogP contribution in [0.5, 0.6) is 0 Å². The highest BCUT2D eigenvalue weighted by molar-refractivity contribution is 9.10. The zero-order chi connectivity index (χ0) is 20.0. The molecule has 5 rings (SSSR count). The number of halogens is 1. The van der Waals surface area contributed by atoms with Crippen LogP contribution in [0.3, 0.4) is 0 Å². The third-order valence-corrected chi connectivity index (χ3v) is 5.60. The second-order valence-corrected chi connectivity index (χ2v) is 8.15. The van der Waals surface area contributed by atoms with Gasteiger partial charge in [0.25, 0.3) is 0 Å². The van der Waals surface area contributed by atoms with Crippen LogP contribution in [0, 0.1) is 0 Å². The van der Waals surface area contributed by atoms with Gasteiger partial charge in [0, 0.05) is 40.6 Å². The van der Waals surface area contributed by atoms with Crippen LogP contribution < -0.4 is 4.90 Å². The van der Waals surface area contributed by atoms with E-state index in [0.717, 1.165) is 49.0 Å². The topological polar surface area (TPSA) is 34.0 Å². The predicted molar refractivity (Wildman–Crippen MR) is 124 cm³/mol. The van der Waals surface area contributed by atoms with Crippen LogP contribution in [-0.2, 0) is 0 Å². The average molecular weight is 443 g/mol. The molecule has 0 unspecified atom stereocenters. The molecule has 0 bridgehead atoms. The van der Waals surface area contributed by atoms with Crippen LogP contribution in [0.2, 0.25) is 0 Å². The van der Waals surface area contributed by atoms with Gasteiger partial charge < -0.3 is 4.90 Å². The molecule has 29 heavy (non-hydrogen) atoms. The number of hydrogen-bond acceptors (Lipinski definition) is 3. The number of anilines is 1. The standard InChI is InChI=1S/C24H19BrN4/c1-28(2)20-12-13-22-17(14-20)15-21-23(16-6-4-3-5-7-16)27-29(24(21)26-22)19-10-8-18(25)9-11-19/h3-15H,1-2H3. The Morgan fingerprint density at radius 3 is 2.34 bits per heavy atom. The molecule has 0 saturated carbocycles. The van der Waals surface area contributed by atoms with Crippen molar-refractivity contribution >= 4 is 43.6 Å². The van der Waals surface area contributed by atoms with Gasteiger partial charge in [-0.1, -0.05) is 46.3 Å². The Bertz CT molecular complexity index is 1320. The van der Waals surface area contributed by atoms with Gasteiger partial charge in [-0.15, -0.1) is 0 Å². The summed E-state index contributed by atoms with van der Waals surface area (Å²) < 4.78 is 2.97. The number of pyridine rings is 1. The molecule has 5 aromatic rings. The molecule has 0 saturated heterocycles. The smallest absolute Gasteiger partial charge is 0.164 e. The maximum absolute atomic E-state index is 4.99. The minimum Gasteiger partial charge on any atom is -0.378 e. The van der Waals surface area contributed by atoms with Crippen LogP contribution in [0.25, 0.3) is 38.9 Å². The molecule has 0 fully saturated rings. The van der Waals surface area contributed by atoms with Crippen LogP contribution in [-0.4, -0.2) is 28.9 Å². The fourth-order valence-electron chi connectivity index (χ4n) is 3.54. The fraction of sp³-hybridized carbons (Fsp3) is 0.0833. The molecule has 0 radical (unpaired) electrons. The Balaban J connectivity index is 1.83. The summed E-state index contributed by atoms with van der Waals surface area (Å²) in [6.45, 7) is 0. The zero-order valence-corrected chi connectivity index (χ0v) is 17.8. The third-order valence-electron chi connectivity index (χ3n) is 5.07. The lowest BCUT2D eigenvalue weighted by Crippen LogP contribution is -2.08. The SMILES string of the molecule is CN(C)c1ccc2nc3c(cc2c1)c(-c1ccccc1)nn3-c1ccc(Br)cc1. The van der Waals surface area contributed by atoms with E-state index in [1.54, 1.807) is 0 Å². The summed E-state index contributed by atoms with van der Waals surface area (Å²) in [6.07, 6.45) is 0. The number of benzene rings is 3. The van der Waals surface area contributed by atoms with E-state index in [2.05, 4.69) is 57.2 Å². The van der Waals surface area contributed by atoms with E-state index in [-0.39, 0.29) is 0 Å². The molecule has 0 N–H and O–H groups in total. The highest BCUT2D eigenvalue weighted by Gasteiger charge is 2.16. The maximum atomic E-state index is 4.99. The zero-order valence-electron chi connectivity index (χ0n) is 16.2. The van der Waals surface area contributed by atoms with Gasteiger partial charge in [0.1, 0.15) is 5.69 Å². The molecule has 5 heteroatoms. The lowest BCUT2D eigenvalue weighted by Gasteiger charge is -2.13. The summed E-state index contributed by atoms with van der Waals surface area (Å²) in [7, 11) is 4.10. The molecule has 0 spiro atoms. The summed E-state index contributed by atoms with van der Waals surface area (Å²) >= 11 is 3.51. The highest BCUT2D eigenvalue weighted by Crippen LogP contribution is 2.32. The molecular formula is C24H19BrN4. The average Bonchev–Trinajstić information content (AvgIpc) is 3.11. The molecule has 0 aliphatic rings. The number of fused-ring (bicyclic) bond motifs is 2. The molecule has 142 valence electrons. The molecule has 4 nitrogen and oxygen atoms in total. The summed E-state index contributed by atoms with van der Waals surface area (Å²) in [4.78, 5) is 7.10. The second kappa shape index (κ2) is 7.01. The molecule has 2 heterocycles. The van der Waals surface area contributed by atoms with Crippen LogP contribution in [0.15, 0.2) is 83.3 Å². The summed E-state index contributed by atoms with van der Waals surface area (Å²) in [5.74, 6) is 0. The number of aromatic nitrogens is 3. The Kier molecular flexibility index (Phi) is 4.32. The normalized spacial score (nSPS) is 11.3. The quantitative estimate of drug-likeness (QED) is 0.340. The number of hydrogen-bond donors (Lipinski definition) is 0. The van der Waals surface area contributed by atoms with Crippen molar-refractivity contribution in [2.75, 3.05) is 19.0 Å². The Morgan fingerprint density at radius 2 is 1.62 bits per heavy atom. The highest BCUT2D eigenvalue weighted by atomic mass is 79.9. The van der Waals surface area contributed by atoms with Crippen molar-refractivity contribution in [3.63, 3.8) is 0 Å². The Morgan fingerprint density at radius 1 is 0.862 bits per heavy atom. The van der Waals surface area contributed by atoms with E-state index < -0.39 is 0 Å². The molecule has 2 aromatic heterocycles. The van der Waals surface area contributed by atoms with Crippen molar-refractivity contribution in [3.05, 3.63) is 83.3 Å². The van der Waals surface area contributed by atoms with Gasteiger partial charge >= 0.3 is 0 Å². The van der Waals surface area contributed by atoms with Gasteiger partial charge in [0.2, 0.25) is 0 Å². The lowest BCUT2D eigenvalue weighted by atomic mass is 10.1. The van der Waals surface area contributed by atoms with E-state index in [0.29, 0.717) is 0 Å². The van der Waals surface area contributed by atoms with E-state index in [1.165, 1.54) is 0 Å². The molecule has 0 amide bonds. The minimum absolute atomic E-state index is 0.858. The molecule has 3 aromatic carbocycles. The summed E-state index contributed by atoms with van der Waals surface area (Å²) in [6, 6.07) is 27.0. The Labute approximate surface area is 177 Å². The molecule has 0 atom stereocenters. The first-order valence-corrected chi connectivity index (χ1v) is 10.2. The van der Waals surface area contributed by atoms with Crippen molar-refractivity contribution in [3.8, 4) is 16.9 Å². The monoisotopic (exact) mass is 442 g/mol. The maximum Gasteiger partial charge on any atom is 0.164 e. The van der Waals surface area contributed by atoms with Gasteiger partial charge in [0.15, 0.2) is 5.65 Å². The lowest BCUT2D eigenvalue weighted by molar-refractivity contribution is 0.903. The first-order valence-electron chi connectivity index (χ1n) is 9.42. The summed E-state index contributed by atoms with van der Waals surface area (Å²) in [5, 5.41) is 7.12. The summed E-state index contributed by atoms with van der Waals surface area (Å²) in [5.41, 5.74) is 5.97. The van der Waals surface area contributed by atoms with Gasteiger partial charge in [-0.25, -0.2) is 9.67 Å². The first-order chi connectivity index (χ1) is 14.1.